The molecule has 0 fully saturated rings. The van der Waals surface area contributed by atoms with Gasteiger partial charge in [-0.15, -0.1) is 0 Å². The molecule has 2 amide bonds. The average Bonchev–Trinajstić information content (AvgIpc) is 2.90. The van der Waals surface area contributed by atoms with Crippen molar-refractivity contribution >= 4 is 23.6 Å². The fourth-order valence-electron chi connectivity index (χ4n) is 2.47. The van der Waals surface area contributed by atoms with E-state index in [9.17, 15) is 9.59 Å². The third kappa shape index (κ3) is 2.84. The first-order valence-electron chi connectivity index (χ1n) is 7.46. The van der Waals surface area contributed by atoms with Crippen LogP contribution in [0.4, 0.5) is 0 Å². The Morgan fingerprint density at radius 2 is 1.75 bits per heavy atom. The highest BCUT2D eigenvalue weighted by Gasteiger charge is 2.33. The summed E-state index contributed by atoms with van der Waals surface area (Å²) in [4.78, 5) is 25.1. The molecule has 1 aliphatic heterocycles. The molecule has 5 nitrogen and oxygen atoms in total. The van der Waals surface area contributed by atoms with Crippen LogP contribution in [-0.4, -0.2) is 29.6 Å². The molecular weight excluding hydrogens is 304 g/mol. The molecule has 0 saturated carbocycles. The number of rotatable bonds is 3. The Morgan fingerprint density at radius 3 is 2.46 bits per heavy atom. The van der Waals surface area contributed by atoms with Crippen molar-refractivity contribution in [1.29, 1.82) is 0 Å². The molecule has 120 valence electrons. The smallest absolute Gasteiger partial charge is 0.283 e. The monoisotopic (exact) mass is 320 g/mol. The van der Waals surface area contributed by atoms with Gasteiger partial charge in [-0.25, -0.2) is 0 Å². The lowest BCUT2D eigenvalue weighted by atomic mass is 10.1. The summed E-state index contributed by atoms with van der Waals surface area (Å²) in [6.45, 7) is 1.71. The number of hydrogen-bond donors (Lipinski definition) is 0. The van der Waals surface area contributed by atoms with E-state index >= 15 is 0 Å². The lowest BCUT2D eigenvalue weighted by molar-refractivity contribution is -0.123. The SMILES string of the molecule is COc1ccccc1/C=C1/C(=O)N(C(=O)c2ccccc2)N=C1C. The number of hydrogen-bond acceptors (Lipinski definition) is 4. The Labute approximate surface area is 139 Å². The minimum absolute atomic E-state index is 0.379. The van der Waals surface area contributed by atoms with E-state index < -0.39 is 11.8 Å². The second-order valence-electron chi connectivity index (χ2n) is 5.27. The minimum atomic E-state index is -0.441. The third-order valence-electron chi connectivity index (χ3n) is 3.71. The molecule has 0 bridgehead atoms. The van der Waals surface area contributed by atoms with Crippen molar-refractivity contribution < 1.29 is 14.3 Å². The standard InChI is InChI=1S/C19H16N2O3/c1-13-16(12-15-10-6-7-11-17(15)24-2)19(23)21(20-13)18(22)14-8-4-3-5-9-14/h3-12H,1-2H3/b16-12+. The number of para-hydroxylation sites is 1. The van der Waals surface area contributed by atoms with E-state index in [2.05, 4.69) is 5.10 Å². The molecule has 0 N–H and O–H groups in total. The van der Waals surface area contributed by atoms with Gasteiger partial charge in [0.25, 0.3) is 11.8 Å². The Hall–Kier alpha value is -3.21. The van der Waals surface area contributed by atoms with Crippen molar-refractivity contribution in [2.75, 3.05) is 7.11 Å². The number of nitrogens with zero attached hydrogens (tertiary/aromatic N) is 2. The number of benzene rings is 2. The number of methoxy groups -OCH3 is 1. The van der Waals surface area contributed by atoms with Crippen molar-refractivity contribution in [3.63, 3.8) is 0 Å². The number of amides is 2. The molecule has 0 radical (unpaired) electrons. The molecule has 0 aliphatic carbocycles. The molecule has 5 heteroatoms. The third-order valence-corrected chi connectivity index (χ3v) is 3.71. The maximum absolute atomic E-state index is 12.6. The van der Waals surface area contributed by atoms with Gasteiger partial charge in [0.1, 0.15) is 5.75 Å². The maximum atomic E-state index is 12.6. The number of imide groups is 1. The average molecular weight is 320 g/mol. The van der Waals surface area contributed by atoms with Crippen LogP contribution in [0.3, 0.4) is 0 Å². The highest BCUT2D eigenvalue weighted by molar-refractivity contribution is 6.30. The maximum Gasteiger partial charge on any atom is 0.283 e. The second-order valence-corrected chi connectivity index (χ2v) is 5.27. The normalized spacial score (nSPS) is 15.6. The van der Waals surface area contributed by atoms with Crippen LogP contribution in [0.25, 0.3) is 6.08 Å². The number of carbonyl (C=O) groups excluding carboxylic acids is 2. The van der Waals surface area contributed by atoms with Gasteiger partial charge in [-0.1, -0.05) is 36.4 Å². The van der Waals surface area contributed by atoms with Gasteiger partial charge in [-0.05, 0) is 31.2 Å². The molecule has 0 spiro atoms. The van der Waals surface area contributed by atoms with Crippen LogP contribution < -0.4 is 4.74 Å². The van der Waals surface area contributed by atoms with Crippen molar-refractivity contribution in [3.8, 4) is 5.75 Å². The number of hydrazone groups is 1. The summed E-state index contributed by atoms with van der Waals surface area (Å²) in [6, 6.07) is 16.0. The highest BCUT2D eigenvalue weighted by Crippen LogP contribution is 2.25. The quantitative estimate of drug-likeness (QED) is 0.645. The first kappa shape index (κ1) is 15.7. The molecule has 2 aromatic rings. The summed E-state index contributed by atoms with van der Waals surface area (Å²) < 4.78 is 5.29. The Kier molecular flexibility index (Phi) is 4.24. The molecule has 3 rings (SSSR count). The van der Waals surface area contributed by atoms with Crippen LogP contribution in [0, 0.1) is 0 Å². The van der Waals surface area contributed by atoms with Crippen LogP contribution in [0.5, 0.6) is 5.75 Å². The summed E-state index contributed by atoms with van der Waals surface area (Å²) in [5, 5.41) is 5.03. The molecule has 0 unspecified atom stereocenters. The summed E-state index contributed by atoms with van der Waals surface area (Å²) >= 11 is 0. The summed E-state index contributed by atoms with van der Waals surface area (Å²) in [7, 11) is 1.57. The molecule has 0 aromatic heterocycles. The molecule has 1 aliphatic rings. The molecule has 0 saturated heterocycles. The minimum Gasteiger partial charge on any atom is -0.496 e. The lowest BCUT2D eigenvalue weighted by Crippen LogP contribution is -2.29. The largest absolute Gasteiger partial charge is 0.496 e. The van der Waals surface area contributed by atoms with Gasteiger partial charge in [0, 0.05) is 11.1 Å². The first-order valence-corrected chi connectivity index (χ1v) is 7.46. The highest BCUT2D eigenvalue weighted by atomic mass is 16.5. The van der Waals surface area contributed by atoms with E-state index in [-0.39, 0.29) is 0 Å². The van der Waals surface area contributed by atoms with E-state index in [4.69, 9.17) is 4.74 Å². The fraction of sp³-hybridized carbons (Fsp3) is 0.105. The van der Waals surface area contributed by atoms with Gasteiger partial charge in [0.15, 0.2) is 0 Å². The second kappa shape index (κ2) is 6.50. The zero-order chi connectivity index (χ0) is 17.1. The van der Waals surface area contributed by atoms with Crippen LogP contribution in [0.1, 0.15) is 22.8 Å². The summed E-state index contributed by atoms with van der Waals surface area (Å²) in [6.07, 6.45) is 1.69. The van der Waals surface area contributed by atoms with Crippen LogP contribution in [-0.2, 0) is 4.79 Å². The van der Waals surface area contributed by atoms with Crippen LogP contribution in [0.15, 0.2) is 65.3 Å². The van der Waals surface area contributed by atoms with E-state index in [1.807, 2.05) is 30.3 Å². The van der Waals surface area contributed by atoms with Crippen molar-refractivity contribution in [3.05, 3.63) is 71.3 Å². The van der Waals surface area contributed by atoms with Gasteiger partial charge >= 0.3 is 0 Å². The zero-order valence-electron chi connectivity index (χ0n) is 13.4. The molecule has 24 heavy (non-hydrogen) atoms. The van der Waals surface area contributed by atoms with E-state index in [1.54, 1.807) is 44.4 Å². The van der Waals surface area contributed by atoms with Gasteiger partial charge in [0.2, 0.25) is 0 Å². The molecule has 2 aromatic carbocycles. The van der Waals surface area contributed by atoms with Crippen LogP contribution >= 0.6 is 0 Å². The predicted octanol–water partition coefficient (Wildman–Crippen LogP) is 3.14. The lowest BCUT2D eigenvalue weighted by Gasteiger charge is -2.10. The van der Waals surface area contributed by atoms with E-state index in [0.717, 1.165) is 10.6 Å². The van der Waals surface area contributed by atoms with E-state index in [0.29, 0.717) is 22.6 Å². The topological polar surface area (TPSA) is 59.0 Å². The number of ether oxygens (including phenoxy) is 1. The fourth-order valence-corrected chi connectivity index (χ4v) is 2.47. The van der Waals surface area contributed by atoms with Gasteiger partial charge < -0.3 is 4.74 Å². The van der Waals surface area contributed by atoms with E-state index in [1.165, 1.54) is 0 Å². The molecular formula is C19H16N2O3. The van der Waals surface area contributed by atoms with Gasteiger partial charge in [-0.3, -0.25) is 9.59 Å². The van der Waals surface area contributed by atoms with Crippen molar-refractivity contribution in [2.45, 2.75) is 6.92 Å². The summed E-state index contributed by atoms with van der Waals surface area (Å²) in [5.41, 5.74) is 2.05. The van der Waals surface area contributed by atoms with Crippen LogP contribution in [0.2, 0.25) is 0 Å². The summed E-state index contributed by atoms with van der Waals surface area (Å²) in [5.74, 6) is -0.228. The molecule has 0 atom stereocenters. The van der Waals surface area contributed by atoms with Gasteiger partial charge in [-0.2, -0.15) is 10.1 Å². The molecule has 1 heterocycles. The van der Waals surface area contributed by atoms with Crippen molar-refractivity contribution in [1.82, 2.24) is 5.01 Å². The first-order chi connectivity index (χ1) is 11.6. The Morgan fingerprint density at radius 1 is 1.08 bits per heavy atom. The Balaban J connectivity index is 1.94. The van der Waals surface area contributed by atoms with Crippen molar-refractivity contribution in [2.24, 2.45) is 5.10 Å². The number of carbonyl (C=O) groups is 2. The predicted molar refractivity (Wildman–Crippen MR) is 91.7 cm³/mol. The van der Waals surface area contributed by atoms with Gasteiger partial charge in [0.05, 0.1) is 18.4 Å². The zero-order valence-corrected chi connectivity index (χ0v) is 13.4. The Bertz CT molecular complexity index is 854.